The van der Waals surface area contributed by atoms with E-state index >= 15 is 0 Å². The summed E-state index contributed by atoms with van der Waals surface area (Å²) < 4.78 is 19.6. The molecule has 8 nitrogen and oxygen atoms in total. The number of rotatable bonds is 2. The van der Waals surface area contributed by atoms with Crippen LogP contribution in [0.5, 0.6) is 0 Å². The van der Waals surface area contributed by atoms with E-state index < -0.39 is 36.1 Å². The number of ether oxygens (including phenoxy) is 3. The van der Waals surface area contributed by atoms with Crippen LogP contribution in [0.15, 0.2) is 18.6 Å². The van der Waals surface area contributed by atoms with Gasteiger partial charge in [0, 0.05) is 11.6 Å². The van der Waals surface area contributed by atoms with E-state index in [0.717, 1.165) is 11.1 Å². The summed E-state index contributed by atoms with van der Waals surface area (Å²) >= 11 is 0. The van der Waals surface area contributed by atoms with E-state index in [1.807, 2.05) is 23.8 Å². The first-order valence-corrected chi connectivity index (χ1v) is 7.91. The lowest BCUT2D eigenvalue weighted by Crippen LogP contribution is -2.47. The average molecular weight is 335 g/mol. The second-order valence-corrected chi connectivity index (χ2v) is 7.03. The second kappa shape index (κ2) is 4.96. The zero-order chi connectivity index (χ0) is 17.3. The fourth-order valence-electron chi connectivity index (χ4n) is 3.54. The van der Waals surface area contributed by atoms with Gasteiger partial charge in [-0.25, -0.2) is 9.97 Å². The van der Waals surface area contributed by atoms with Crippen LogP contribution in [0.1, 0.15) is 32.7 Å². The van der Waals surface area contributed by atoms with Crippen LogP contribution in [0.25, 0.3) is 11.0 Å². The Hall–Kier alpha value is -1.58. The van der Waals surface area contributed by atoms with Crippen LogP contribution in [0.3, 0.4) is 0 Å². The Labute approximate surface area is 139 Å². The Kier molecular flexibility index (Phi) is 3.29. The van der Waals surface area contributed by atoms with Gasteiger partial charge in [-0.2, -0.15) is 0 Å². The predicted molar refractivity (Wildman–Crippen MR) is 82.8 cm³/mol. The molecule has 2 aromatic rings. The summed E-state index contributed by atoms with van der Waals surface area (Å²) in [6, 6.07) is 1.91. The fourth-order valence-corrected chi connectivity index (χ4v) is 3.54. The number of hydrogen-bond donors (Lipinski definition) is 2. The van der Waals surface area contributed by atoms with Gasteiger partial charge in [0.05, 0.1) is 5.69 Å². The van der Waals surface area contributed by atoms with Gasteiger partial charge in [0.2, 0.25) is 0 Å². The monoisotopic (exact) mass is 335 g/mol. The van der Waals surface area contributed by atoms with Crippen molar-refractivity contribution >= 4 is 11.0 Å². The zero-order valence-electron chi connectivity index (χ0n) is 14.0. The van der Waals surface area contributed by atoms with E-state index in [1.54, 1.807) is 13.8 Å². The number of fused-ring (bicyclic) bond motifs is 2. The zero-order valence-corrected chi connectivity index (χ0v) is 14.0. The van der Waals surface area contributed by atoms with Crippen molar-refractivity contribution < 1.29 is 24.4 Å². The molecule has 4 atom stereocenters. The molecule has 0 aromatic carbocycles. The van der Waals surface area contributed by atoms with Crippen molar-refractivity contribution in [2.75, 3.05) is 0 Å². The smallest absolute Gasteiger partial charge is 0.189 e. The summed E-state index contributed by atoms with van der Waals surface area (Å²) in [6.07, 6.45) is 0.759. The van der Waals surface area contributed by atoms with Crippen molar-refractivity contribution in [3.05, 3.63) is 24.3 Å². The summed E-state index contributed by atoms with van der Waals surface area (Å²) in [5.74, 6) is -2.87. The molecule has 2 saturated heterocycles. The lowest BCUT2D eigenvalue weighted by molar-refractivity contribution is -0.268. The Bertz CT molecular complexity index is 782. The van der Waals surface area contributed by atoms with Gasteiger partial charge in [0.1, 0.15) is 30.3 Å². The maximum absolute atomic E-state index is 10.1. The van der Waals surface area contributed by atoms with Crippen molar-refractivity contribution in [2.24, 2.45) is 0 Å². The van der Waals surface area contributed by atoms with Gasteiger partial charge in [0.15, 0.2) is 17.8 Å². The minimum absolute atomic E-state index is 0.477. The maximum atomic E-state index is 10.1. The highest BCUT2D eigenvalue weighted by atomic mass is 16.8. The average Bonchev–Trinajstić information content (AvgIpc) is 3.08. The van der Waals surface area contributed by atoms with Crippen molar-refractivity contribution in [2.45, 2.75) is 63.8 Å². The molecule has 0 saturated carbocycles. The topological polar surface area (TPSA) is 98.9 Å². The second-order valence-electron chi connectivity index (χ2n) is 7.03. The third-order valence-corrected chi connectivity index (χ3v) is 4.55. The molecule has 0 bridgehead atoms. The SMILES string of the molecule is Cc1ncnc2c1ccn2[C@@H]1O[C@H](C(C)(O)O)[C@H]2OC(C)(C)O[C@H]21. The van der Waals surface area contributed by atoms with Crippen LogP contribution in [0.2, 0.25) is 0 Å². The fraction of sp³-hybridized carbons (Fsp3) is 0.625. The van der Waals surface area contributed by atoms with Gasteiger partial charge in [-0.15, -0.1) is 0 Å². The van der Waals surface area contributed by atoms with Crippen molar-refractivity contribution in [3.8, 4) is 0 Å². The van der Waals surface area contributed by atoms with Crippen LogP contribution in [0.4, 0.5) is 0 Å². The minimum Gasteiger partial charge on any atom is -0.364 e. The van der Waals surface area contributed by atoms with Gasteiger partial charge >= 0.3 is 0 Å². The molecule has 2 N–H and O–H groups in total. The van der Waals surface area contributed by atoms with Crippen molar-refractivity contribution in [1.29, 1.82) is 0 Å². The largest absolute Gasteiger partial charge is 0.364 e. The molecular weight excluding hydrogens is 314 g/mol. The van der Waals surface area contributed by atoms with Gasteiger partial charge in [-0.05, 0) is 33.8 Å². The molecule has 0 spiro atoms. The Balaban J connectivity index is 1.78. The molecule has 0 radical (unpaired) electrons. The summed E-state index contributed by atoms with van der Waals surface area (Å²) in [5, 5.41) is 21.0. The third kappa shape index (κ3) is 2.34. The molecule has 0 amide bonds. The van der Waals surface area contributed by atoms with Crippen LogP contribution in [0, 0.1) is 6.92 Å². The van der Waals surface area contributed by atoms with Crippen LogP contribution < -0.4 is 0 Å². The van der Waals surface area contributed by atoms with Gasteiger partial charge in [-0.1, -0.05) is 0 Å². The summed E-state index contributed by atoms with van der Waals surface area (Å²) in [4.78, 5) is 8.52. The van der Waals surface area contributed by atoms with E-state index in [2.05, 4.69) is 9.97 Å². The van der Waals surface area contributed by atoms with E-state index in [1.165, 1.54) is 13.3 Å². The highest BCUT2D eigenvalue weighted by Crippen LogP contribution is 2.46. The molecule has 0 aliphatic carbocycles. The first kappa shape index (κ1) is 15.9. The normalized spacial score (nSPS) is 32.4. The standard InChI is InChI=1S/C16H21N3O5/c1-8-9-5-6-19(13(9)18-7-17-8)14-11-10(23-15(2,3)24-11)12(22-14)16(4,20)21/h5-7,10-12,14,20-21H,1-4H3/t10-,11+,12-,14+/m0/s1. The molecule has 130 valence electrons. The molecule has 0 unspecified atom stereocenters. The molecule has 2 aliphatic rings. The van der Waals surface area contributed by atoms with E-state index in [4.69, 9.17) is 14.2 Å². The van der Waals surface area contributed by atoms with E-state index in [0.29, 0.717) is 5.65 Å². The van der Waals surface area contributed by atoms with Crippen LogP contribution in [-0.2, 0) is 14.2 Å². The Morgan fingerprint density at radius 3 is 2.62 bits per heavy atom. The molecule has 4 rings (SSSR count). The lowest BCUT2D eigenvalue weighted by Gasteiger charge is -2.29. The van der Waals surface area contributed by atoms with E-state index in [9.17, 15) is 10.2 Å². The number of hydrogen-bond acceptors (Lipinski definition) is 7. The summed E-state index contributed by atoms with van der Waals surface area (Å²) in [5.41, 5.74) is 1.57. The number of nitrogens with zero attached hydrogens (tertiary/aromatic N) is 3. The Morgan fingerprint density at radius 2 is 1.92 bits per heavy atom. The quantitative estimate of drug-likeness (QED) is 0.785. The molecule has 2 fully saturated rings. The van der Waals surface area contributed by atoms with Crippen molar-refractivity contribution in [3.63, 3.8) is 0 Å². The predicted octanol–water partition coefficient (Wildman–Crippen LogP) is 0.858. The molecule has 4 heterocycles. The van der Waals surface area contributed by atoms with Gasteiger partial charge < -0.3 is 29.0 Å². The lowest BCUT2D eigenvalue weighted by atomic mass is 10.0. The maximum Gasteiger partial charge on any atom is 0.189 e. The molecule has 8 heteroatoms. The van der Waals surface area contributed by atoms with Crippen molar-refractivity contribution in [1.82, 2.24) is 14.5 Å². The first-order valence-electron chi connectivity index (χ1n) is 7.91. The Morgan fingerprint density at radius 1 is 1.21 bits per heavy atom. The number of aliphatic hydroxyl groups is 2. The molecular formula is C16H21N3O5. The number of aromatic nitrogens is 3. The third-order valence-electron chi connectivity index (χ3n) is 4.55. The minimum atomic E-state index is -2.05. The molecule has 2 aromatic heterocycles. The molecule has 24 heavy (non-hydrogen) atoms. The number of aryl methyl sites for hydroxylation is 1. The highest BCUT2D eigenvalue weighted by molar-refractivity contribution is 5.78. The first-order chi connectivity index (χ1) is 11.2. The van der Waals surface area contributed by atoms with Gasteiger partial charge in [-0.3, -0.25) is 0 Å². The summed E-state index contributed by atoms with van der Waals surface area (Å²) in [7, 11) is 0. The molecule has 2 aliphatic heterocycles. The van der Waals surface area contributed by atoms with Crippen LogP contribution >= 0.6 is 0 Å². The van der Waals surface area contributed by atoms with Gasteiger partial charge in [0.25, 0.3) is 0 Å². The van der Waals surface area contributed by atoms with Crippen LogP contribution in [-0.4, -0.2) is 54.6 Å². The highest BCUT2D eigenvalue weighted by Gasteiger charge is 2.60. The van der Waals surface area contributed by atoms with E-state index in [-0.39, 0.29) is 0 Å². The summed E-state index contributed by atoms with van der Waals surface area (Å²) in [6.45, 7) is 6.79.